The van der Waals surface area contributed by atoms with Gasteiger partial charge in [-0.25, -0.2) is 4.79 Å². The van der Waals surface area contributed by atoms with E-state index >= 15 is 0 Å². The largest absolute Gasteiger partial charge is 0.493 e. The Kier molecular flexibility index (Phi) is 7.21. The second-order valence-electron chi connectivity index (χ2n) is 6.31. The van der Waals surface area contributed by atoms with Crippen molar-refractivity contribution in [3.05, 3.63) is 58.1 Å². The summed E-state index contributed by atoms with van der Waals surface area (Å²) in [6.45, 7) is 6.27. The van der Waals surface area contributed by atoms with Crippen LogP contribution in [-0.4, -0.2) is 25.1 Å². The average Bonchev–Trinajstić information content (AvgIpc) is 2.60. The van der Waals surface area contributed by atoms with Crippen molar-refractivity contribution in [3.8, 4) is 5.75 Å². The molecule has 0 heterocycles. The van der Waals surface area contributed by atoms with Gasteiger partial charge in [0.2, 0.25) is 0 Å². The summed E-state index contributed by atoms with van der Waals surface area (Å²) >= 11 is 3.37. The third kappa shape index (κ3) is 6.19. The molecule has 2 aromatic rings. The highest BCUT2D eigenvalue weighted by molar-refractivity contribution is 9.10. The lowest BCUT2D eigenvalue weighted by atomic mass is 10.2. The van der Waals surface area contributed by atoms with E-state index in [0.717, 1.165) is 10.0 Å². The maximum atomic E-state index is 12.0. The number of hydrogen-bond acceptors (Lipinski definition) is 4. The fourth-order valence-corrected chi connectivity index (χ4v) is 2.59. The molecule has 0 saturated carbocycles. The first-order chi connectivity index (χ1) is 12.3. The Balaban J connectivity index is 1.84. The topological polar surface area (TPSA) is 64.6 Å². The predicted octanol–water partition coefficient (Wildman–Crippen LogP) is 4.59. The van der Waals surface area contributed by atoms with E-state index in [2.05, 4.69) is 35.1 Å². The summed E-state index contributed by atoms with van der Waals surface area (Å²) < 4.78 is 11.6. The third-order valence-corrected chi connectivity index (χ3v) is 3.96. The Morgan fingerprint density at radius 2 is 1.81 bits per heavy atom. The van der Waals surface area contributed by atoms with Crippen LogP contribution < -0.4 is 10.1 Å². The van der Waals surface area contributed by atoms with Crippen molar-refractivity contribution in [1.29, 1.82) is 0 Å². The minimum atomic E-state index is -0.553. The molecule has 0 aliphatic rings. The molecule has 0 aliphatic carbocycles. The van der Waals surface area contributed by atoms with Crippen molar-refractivity contribution in [1.82, 2.24) is 0 Å². The van der Waals surface area contributed by atoms with Gasteiger partial charge >= 0.3 is 5.97 Å². The van der Waals surface area contributed by atoms with Crippen LogP contribution in [0.15, 0.2) is 46.9 Å². The Bertz CT molecular complexity index is 772. The molecule has 1 N–H and O–H groups in total. The first kappa shape index (κ1) is 20.0. The van der Waals surface area contributed by atoms with Crippen LogP contribution in [0.25, 0.3) is 0 Å². The van der Waals surface area contributed by atoms with Crippen molar-refractivity contribution in [2.45, 2.75) is 20.8 Å². The number of aryl methyl sites for hydroxylation is 1. The zero-order valence-electron chi connectivity index (χ0n) is 15.0. The number of nitrogens with one attached hydrogen (secondary N) is 1. The molecule has 2 rings (SSSR count). The van der Waals surface area contributed by atoms with Gasteiger partial charge in [0, 0.05) is 10.2 Å². The third-order valence-electron chi connectivity index (χ3n) is 3.47. The van der Waals surface area contributed by atoms with E-state index < -0.39 is 5.97 Å². The summed E-state index contributed by atoms with van der Waals surface area (Å²) in [5, 5.41) is 2.72. The first-order valence-electron chi connectivity index (χ1n) is 8.31. The summed E-state index contributed by atoms with van der Waals surface area (Å²) in [4.78, 5) is 24.0. The van der Waals surface area contributed by atoms with Crippen molar-refractivity contribution in [3.63, 3.8) is 0 Å². The number of rotatable bonds is 7. The number of ether oxygens (including phenoxy) is 2. The van der Waals surface area contributed by atoms with Crippen LogP contribution in [0.4, 0.5) is 5.69 Å². The van der Waals surface area contributed by atoms with E-state index in [0.29, 0.717) is 29.5 Å². The standard InChI is InChI=1S/C20H22BrNO4/c1-13(2)11-25-17-7-4-15(5-8-17)20(24)26-12-19(23)22-18-9-6-16(21)10-14(18)3/h4-10,13H,11-12H2,1-3H3,(H,22,23). The van der Waals surface area contributed by atoms with E-state index in [9.17, 15) is 9.59 Å². The second kappa shape index (κ2) is 9.38. The molecule has 0 atom stereocenters. The van der Waals surface area contributed by atoms with Crippen molar-refractivity contribution < 1.29 is 19.1 Å². The number of carbonyl (C=O) groups excluding carboxylic acids is 2. The Labute approximate surface area is 161 Å². The average molecular weight is 420 g/mol. The van der Waals surface area contributed by atoms with Gasteiger partial charge in [0.05, 0.1) is 12.2 Å². The zero-order chi connectivity index (χ0) is 19.1. The first-order valence-corrected chi connectivity index (χ1v) is 9.10. The highest BCUT2D eigenvalue weighted by atomic mass is 79.9. The van der Waals surface area contributed by atoms with Gasteiger partial charge in [-0.15, -0.1) is 0 Å². The normalized spacial score (nSPS) is 10.5. The lowest BCUT2D eigenvalue weighted by Crippen LogP contribution is -2.21. The van der Waals surface area contributed by atoms with E-state index in [4.69, 9.17) is 9.47 Å². The van der Waals surface area contributed by atoms with Crippen LogP contribution in [0.3, 0.4) is 0 Å². The predicted molar refractivity (Wildman–Crippen MR) is 105 cm³/mol. The van der Waals surface area contributed by atoms with Gasteiger partial charge in [0.1, 0.15) is 5.75 Å². The maximum Gasteiger partial charge on any atom is 0.338 e. The van der Waals surface area contributed by atoms with E-state index in [1.807, 2.05) is 19.1 Å². The van der Waals surface area contributed by atoms with Gasteiger partial charge < -0.3 is 14.8 Å². The van der Waals surface area contributed by atoms with Crippen molar-refractivity contribution in [2.75, 3.05) is 18.5 Å². The number of hydrogen-bond donors (Lipinski definition) is 1. The lowest BCUT2D eigenvalue weighted by molar-refractivity contribution is -0.119. The minimum absolute atomic E-state index is 0.347. The summed E-state index contributed by atoms with van der Waals surface area (Å²) in [6, 6.07) is 12.2. The number of carbonyl (C=O) groups is 2. The maximum absolute atomic E-state index is 12.0. The van der Waals surface area contributed by atoms with E-state index in [1.165, 1.54) is 0 Å². The molecular formula is C20H22BrNO4. The number of amides is 1. The molecule has 0 fully saturated rings. The van der Waals surface area contributed by atoms with Gasteiger partial charge in [0.15, 0.2) is 6.61 Å². The van der Waals surface area contributed by atoms with Crippen LogP contribution in [0.2, 0.25) is 0 Å². The quantitative estimate of drug-likeness (QED) is 0.666. The fraction of sp³-hybridized carbons (Fsp3) is 0.300. The summed E-state index contributed by atoms with van der Waals surface area (Å²) in [6.07, 6.45) is 0. The van der Waals surface area contributed by atoms with Crippen LogP contribution in [0.5, 0.6) is 5.75 Å². The molecule has 0 radical (unpaired) electrons. The van der Waals surface area contributed by atoms with Crippen molar-refractivity contribution >= 4 is 33.5 Å². The van der Waals surface area contributed by atoms with Gasteiger partial charge in [-0.1, -0.05) is 29.8 Å². The zero-order valence-corrected chi connectivity index (χ0v) is 16.6. The highest BCUT2D eigenvalue weighted by Gasteiger charge is 2.11. The number of benzene rings is 2. The Hall–Kier alpha value is -2.34. The number of halogens is 1. The highest BCUT2D eigenvalue weighted by Crippen LogP contribution is 2.20. The number of anilines is 1. The Morgan fingerprint density at radius 1 is 1.12 bits per heavy atom. The van der Waals surface area contributed by atoms with E-state index in [1.54, 1.807) is 30.3 Å². The van der Waals surface area contributed by atoms with Gasteiger partial charge in [-0.05, 0) is 60.9 Å². The molecule has 0 bridgehead atoms. The van der Waals surface area contributed by atoms with Crippen LogP contribution in [0.1, 0.15) is 29.8 Å². The summed E-state index contributed by atoms with van der Waals surface area (Å²) in [5.74, 6) is 0.176. The van der Waals surface area contributed by atoms with Crippen LogP contribution in [0, 0.1) is 12.8 Å². The summed E-state index contributed by atoms with van der Waals surface area (Å²) in [7, 11) is 0. The molecule has 5 nitrogen and oxygen atoms in total. The van der Waals surface area contributed by atoms with Gasteiger partial charge in [-0.2, -0.15) is 0 Å². The molecule has 2 aromatic carbocycles. The molecule has 0 aliphatic heterocycles. The number of esters is 1. The van der Waals surface area contributed by atoms with Gasteiger partial charge in [0.25, 0.3) is 5.91 Å². The van der Waals surface area contributed by atoms with Crippen molar-refractivity contribution in [2.24, 2.45) is 5.92 Å². The Morgan fingerprint density at radius 3 is 2.42 bits per heavy atom. The second-order valence-corrected chi connectivity index (χ2v) is 7.23. The molecule has 1 amide bonds. The molecular weight excluding hydrogens is 398 g/mol. The molecule has 0 saturated heterocycles. The minimum Gasteiger partial charge on any atom is -0.493 e. The molecule has 26 heavy (non-hydrogen) atoms. The molecule has 138 valence electrons. The fourth-order valence-electron chi connectivity index (χ4n) is 2.12. The summed E-state index contributed by atoms with van der Waals surface area (Å²) in [5.41, 5.74) is 1.96. The molecule has 0 aromatic heterocycles. The van der Waals surface area contributed by atoms with Gasteiger partial charge in [-0.3, -0.25) is 4.79 Å². The van der Waals surface area contributed by atoms with Crippen LogP contribution >= 0.6 is 15.9 Å². The molecule has 0 spiro atoms. The molecule has 6 heteroatoms. The SMILES string of the molecule is Cc1cc(Br)ccc1NC(=O)COC(=O)c1ccc(OCC(C)C)cc1. The van der Waals surface area contributed by atoms with E-state index in [-0.39, 0.29) is 12.5 Å². The lowest BCUT2D eigenvalue weighted by Gasteiger charge is -2.10. The molecule has 0 unspecified atom stereocenters. The van der Waals surface area contributed by atoms with Crippen LogP contribution in [-0.2, 0) is 9.53 Å². The smallest absolute Gasteiger partial charge is 0.338 e. The monoisotopic (exact) mass is 419 g/mol.